The van der Waals surface area contributed by atoms with Gasteiger partial charge in [0.2, 0.25) is 0 Å². The van der Waals surface area contributed by atoms with Crippen molar-refractivity contribution in [2.45, 2.75) is 18.9 Å². The van der Waals surface area contributed by atoms with Crippen LogP contribution in [0.15, 0.2) is 5.38 Å². The molecule has 1 aliphatic rings. The number of rotatable bonds is 3. The van der Waals surface area contributed by atoms with Crippen LogP contribution in [0.5, 0.6) is 0 Å². The predicted octanol–water partition coefficient (Wildman–Crippen LogP) is 1.35. The molecule has 1 aromatic rings. The van der Waals surface area contributed by atoms with E-state index in [0.717, 1.165) is 25.9 Å². The van der Waals surface area contributed by atoms with Crippen LogP contribution in [0.25, 0.3) is 0 Å². The van der Waals surface area contributed by atoms with E-state index in [0.29, 0.717) is 11.2 Å². The fraction of sp³-hybridized carbons (Fsp3) is 0.600. The van der Waals surface area contributed by atoms with Crippen molar-refractivity contribution in [1.82, 2.24) is 9.88 Å². The number of piperidine rings is 1. The fourth-order valence-electron chi connectivity index (χ4n) is 1.77. The van der Waals surface area contributed by atoms with Crippen molar-refractivity contribution in [1.29, 1.82) is 0 Å². The number of carboxylic acids is 1. The van der Waals surface area contributed by atoms with Gasteiger partial charge in [-0.15, -0.1) is 11.3 Å². The lowest BCUT2D eigenvalue weighted by molar-refractivity contribution is 0.0691. The molecule has 5 nitrogen and oxygen atoms in total. The molecule has 0 atom stereocenters. The summed E-state index contributed by atoms with van der Waals surface area (Å²) in [7, 11) is 2.11. The number of nitrogens with zero attached hydrogens (tertiary/aromatic N) is 2. The number of nitrogens with one attached hydrogen (secondary N) is 1. The average molecular weight is 241 g/mol. The Morgan fingerprint density at radius 2 is 2.31 bits per heavy atom. The minimum absolute atomic E-state index is 0.125. The summed E-state index contributed by atoms with van der Waals surface area (Å²) in [5.74, 6) is -0.965. The summed E-state index contributed by atoms with van der Waals surface area (Å²) in [4.78, 5) is 17.0. The molecule has 0 aromatic carbocycles. The van der Waals surface area contributed by atoms with Crippen molar-refractivity contribution in [3.63, 3.8) is 0 Å². The molecule has 1 aliphatic heterocycles. The van der Waals surface area contributed by atoms with Crippen LogP contribution in [-0.4, -0.2) is 47.1 Å². The second-order valence-electron chi connectivity index (χ2n) is 4.06. The van der Waals surface area contributed by atoms with Crippen LogP contribution < -0.4 is 5.32 Å². The number of aromatic carboxylic acids is 1. The number of carbonyl (C=O) groups is 1. The van der Waals surface area contributed by atoms with Crippen LogP contribution in [0.3, 0.4) is 0 Å². The summed E-state index contributed by atoms with van der Waals surface area (Å²) in [5, 5.41) is 14.3. The molecule has 0 aliphatic carbocycles. The van der Waals surface area contributed by atoms with Crippen LogP contribution in [0, 0.1) is 0 Å². The molecule has 1 saturated heterocycles. The maximum Gasteiger partial charge on any atom is 0.355 e. The first-order valence-electron chi connectivity index (χ1n) is 5.29. The molecule has 0 unspecified atom stereocenters. The fourth-order valence-corrected chi connectivity index (χ4v) is 2.53. The zero-order valence-corrected chi connectivity index (χ0v) is 9.96. The molecule has 2 heterocycles. The third-order valence-electron chi connectivity index (χ3n) is 2.77. The zero-order valence-electron chi connectivity index (χ0n) is 9.14. The Morgan fingerprint density at radius 1 is 1.62 bits per heavy atom. The van der Waals surface area contributed by atoms with Crippen LogP contribution in [0.4, 0.5) is 5.13 Å². The van der Waals surface area contributed by atoms with Crippen LogP contribution in [0.2, 0.25) is 0 Å². The molecule has 16 heavy (non-hydrogen) atoms. The van der Waals surface area contributed by atoms with Gasteiger partial charge in [0.15, 0.2) is 10.8 Å². The van der Waals surface area contributed by atoms with Crippen molar-refractivity contribution < 1.29 is 9.90 Å². The van der Waals surface area contributed by atoms with E-state index < -0.39 is 5.97 Å². The van der Waals surface area contributed by atoms with Crippen molar-refractivity contribution in [2.75, 3.05) is 25.5 Å². The molecular formula is C10H15N3O2S. The monoisotopic (exact) mass is 241 g/mol. The summed E-state index contributed by atoms with van der Waals surface area (Å²) in [6, 6.07) is 0.420. The maximum absolute atomic E-state index is 10.7. The Bertz CT molecular complexity index is 372. The van der Waals surface area contributed by atoms with E-state index >= 15 is 0 Å². The molecule has 2 N–H and O–H groups in total. The van der Waals surface area contributed by atoms with E-state index in [1.54, 1.807) is 5.38 Å². The largest absolute Gasteiger partial charge is 0.476 e. The molecule has 6 heteroatoms. The van der Waals surface area contributed by atoms with Crippen molar-refractivity contribution in [3.8, 4) is 0 Å². The minimum atomic E-state index is -0.965. The smallest absolute Gasteiger partial charge is 0.355 e. The van der Waals surface area contributed by atoms with Gasteiger partial charge in [0.05, 0.1) is 0 Å². The Kier molecular flexibility index (Phi) is 3.40. The van der Waals surface area contributed by atoms with Crippen molar-refractivity contribution in [3.05, 3.63) is 11.1 Å². The molecule has 1 aromatic heterocycles. The molecule has 0 spiro atoms. The van der Waals surface area contributed by atoms with Crippen molar-refractivity contribution >= 4 is 22.4 Å². The Morgan fingerprint density at radius 3 is 2.88 bits per heavy atom. The first-order chi connectivity index (χ1) is 7.65. The lowest BCUT2D eigenvalue weighted by Gasteiger charge is -2.29. The molecular weight excluding hydrogens is 226 g/mol. The number of anilines is 1. The second kappa shape index (κ2) is 4.80. The van der Waals surface area contributed by atoms with E-state index in [1.807, 2.05) is 0 Å². The third-order valence-corrected chi connectivity index (χ3v) is 3.54. The van der Waals surface area contributed by atoms with Gasteiger partial charge in [0, 0.05) is 11.4 Å². The highest BCUT2D eigenvalue weighted by Crippen LogP contribution is 2.19. The molecule has 1 fully saturated rings. The SMILES string of the molecule is CN1CCC(Nc2nc(C(=O)O)cs2)CC1. The first kappa shape index (κ1) is 11.3. The molecule has 0 radical (unpaired) electrons. The Labute approximate surface area is 98.1 Å². The van der Waals surface area contributed by atoms with Gasteiger partial charge in [-0.3, -0.25) is 0 Å². The van der Waals surface area contributed by atoms with Gasteiger partial charge in [-0.2, -0.15) is 0 Å². The van der Waals surface area contributed by atoms with E-state index in [1.165, 1.54) is 11.3 Å². The van der Waals surface area contributed by atoms with Crippen molar-refractivity contribution in [2.24, 2.45) is 0 Å². The maximum atomic E-state index is 10.7. The summed E-state index contributed by atoms with van der Waals surface area (Å²) in [6.07, 6.45) is 2.16. The van der Waals surface area contributed by atoms with Gasteiger partial charge in [-0.1, -0.05) is 0 Å². The topological polar surface area (TPSA) is 65.5 Å². The average Bonchev–Trinajstić information content (AvgIpc) is 2.70. The van der Waals surface area contributed by atoms with E-state index in [9.17, 15) is 4.79 Å². The predicted molar refractivity (Wildman–Crippen MR) is 63.2 cm³/mol. The summed E-state index contributed by atoms with van der Waals surface area (Å²) < 4.78 is 0. The second-order valence-corrected chi connectivity index (χ2v) is 4.92. The summed E-state index contributed by atoms with van der Waals surface area (Å²) in [5.41, 5.74) is 0.125. The zero-order chi connectivity index (χ0) is 11.5. The quantitative estimate of drug-likeness (QED) is 0.836. The van der Waals surface area contributed by atoms with E-state index in [2.05, 4.69) is 22.2 Å². The number of carboxylic acid groups (broad SMARTS) is 1. The van der Waals surface area contributed by atoms with Gasteiger partial charge < -0.3 is 15.3 Å². The number of thiazole rings is 1. The molecule has 0 saturated carbocycles. The molecule has 2 rings (SSSR count). The standard InChI is InChI=1S/C10H15N3O2S/c1-13-4-2-7(3-5-13)11-10-12-8(6-16-10)9(14)15/h6-7H,2-5H2,1H3,(H,11,12)(H,14,15). The number of likely N-dealkylation sites (tertiary alicyclic amines) is 1. The van der Waals surface area contributed by atoms with E-state index in [-0.39, 0.29) is 5.69 Å². The lowest BCUT2D eigenvalue weighted by atomic mass is 10.1. The first-order valence-corrected chi connectivity index (χ1v) is 6.17. The van der Waals surface area contributed by atoms with Gasteiger partial charge in [-0.25, -0.2) is 9.78 Å². The highest BCUT2D eigenvalue weighted by atomic mass is 32.1. The lowest BCUT2D eigenvalue weighted by Crippen LogP contribution is -2.36. The number of hydrogen-bond donors (Lipinski definition) is 2. The van der Waals surface area contributed by atoms with Gasteiger partial charge in [0.1, 0.15) is 0 Å². The number of aromatic nitrogens is 1. The van der Waals surface area contributed by atoms with Gasteiger partial charge in [-0.05, 0) is 33.0 Å². The summed E-state index contributed by atoms with van der Waals surface area (Å²) in [6.45, 7) is 2.16. The van der Waals surface area contributed by atoms with Gasteiger partial charge in [0.25, 0.3) is 0 Å². The third kappa shape index (κ3) is 2.70. The highest BCUT2D eigenvalue weighted by Gasteiger charge is 2.18. The summed E-state index contributed by atoms with van der Waals surface area (Å²) >= 11 is 1.36. The molecule has 88 valence electrons. The highest BCUT2D eigenvalue weighted by molar-refractivity contribution is 7.13. The van der Waals surface area contributed by atoms with Crippen LogP contribution >= 0.6 is 11.3 Å². The van der Waals surface area contributed by atoms with Gasteiger partial charge >= 0.3 is 5.97 Å². The Hall–Kier alpha value is -1.14. The molecule has 0 bridgehead atoms. The van der Waals surface area contributed by atoms with Crippen LogP contribution in [0.1, 0.15) is 23.3 Å². The number of hydrogen-bond acceptors (Lipinski definition) is 5. The minimum Gasteiger partial charge on any atom is -0.476 e. The normalized spacial score (nSPS) is 18.6. The van der Waals surface area contributed by atoms with E-state index in [4.69, 9.17) is 5.11 Å². The van der Waals surface area contributed by atoms with Crippen LogP contribution in [-0.2, 0) is 0 Å². The Balaban J connectivity index is 1.91. The molecule has 0 amide bonds.